The average Bonchev–Trinajstić information content (AvgIpc) is 3.49. The standard InChI is InChI=1S/C23H18N2O4S/c26-21(29-14-19-15-30-23(25-19)20-7-4-12-28-20)13-24-22(27)18-10-8-17(9-11-18)16-5-2-1-3-6-16/h1-12,15H,13-14H2,(H,24,27). The number of aromatic nitrogens is 1. The molecule has 0 spiro atoms. The van der Waals surface area contributed by atoms with Gasteiger partial charge in [0.2, 0.25) is 0 Å². The molecular weight excluding hydrogens is 400 g/mol. The van der Waals surface area contributed by atoms with E-state index in [0.29, 0.717) is 17.0 Å². The number of esters is 1. The van der Waals surface area contributed by atoms with E-state index >= 15 is 0 Å². The Morgan fingerprint density at radius 1 is 0.967 bits per heavy atom. The number of ether oxygens (including phenoxy) is 1. The first-order valence-electron chi connectivity index (χ1n) is 9.26. The molecule has 1 amide bonds. The molecule has 0 aliphatic carbocycles. The maximum Gasteiger partial charge on any atom is 0.325 e. The van der Waals surface area contributed by atoms with Crippen LogP contribution in [0, 0.1) is 0 Å². The third-order valence-electron chi connectivity index (χ3n) is 4.31. The lowest BCUT2D eigenvalue weighted by Gasteiger charge is -2.07. The summed E-state index contributed by atoms with van der Waals surface area (Å²) in [5.41, 5.74) is 3.20. The van der Waals surface area contributed by atoms with Crippen LogP contribution in [0.5, 0.6) is 0 Å². The smallest absolute Gasteiger partial charge is 0.325 e. The maximum atomic E-state index is 12.3. The van der Waals surface area contributed by atoms with Crippen LogP contribution in [0.3, 0.4) is 0 Å². The third kappa shape index (κ3) is 4.82. The Balaban J connectivity index is 1.25. The normalized spacial score (nSPS) is 10.5. The van der Waals surface area contributed by atoms with Gasteiger partial charge in [0.15, 0.2) is 10.8 Å². The summed E-state index contributed by atoms with van der Waals surface area (Å²) in [6.07, 6.45) is 1.58. The lowest BCUT2D eigenvalue weighted by atomic mass is 10.0. The SMILES string of the molecule is O=C(CNC(=O)c1ccc(-c2ccccc2)cc1)OCc1csc(-c2ccco2)n1. The second-order valence-electron chi connectivity index (χ2n) is 6.41. The molecule has 2 aromatic heterocycles. The van der Waals surface area contributed by atoms with E-state index in [1.807, 2.05) is 48.5 Å². The fourth-order valence-corrected chi connectivity index (χ4v) is 3.56. The number of hydrogen-bond donors (Lipinski definition) is 1. The Hall–Kier alpha value is -3.71. The van der Waals surface area contributed by atoms with Crippen LogP contribution >= 0.6 is 11.3 Å². The lowest BCUT2D eigenvalue weighted by Crippen LogP contribution is -2.30. The molecule has 0 aliphatic rings. The van der Waals surface area contributed by atoms with Gasteiger partial charge in [-0.2, -0.15) is 0 Å². The predicted molar refractivity (Wildman–Crippen MR) is 114 cm³/mol. The van der Waals surface area contributed by atoms with Crippen molar-refractivity contribution in [1.29, 1.82) is 0 Å². The molecule has 30 heavy (non-hydrogen) atoms. The van der Waals surface area contributed by atoms with Crippen molar-refractivity contribution in [2.75, 3.05) is 6.54 Å². The van der Waals surface area contributed by atoms with Gasteiger partial charge in [0, 0.05) is 10.9 Å². The predicted octanol–water partition coefficient (Wildman–Crippen LogP) is 4.54. The molecule has 0 unspecified atom stereocenters. The number of benzene rings is 2. The van der Waals surface area contributed by atoms with Gasteiger partial charge in [0.1, 0.15) is 13.2 Å². The Morgan fingerprint density at radius 2 is 1.73 bits per heavy atom. The second-order valence-corrected chi connectivity index (χ2v) is 7.27. The minimum absolute atomic E-state index is 0.0394. The molecule has 2 aromatic carbocycles. The summed E-state index contributed by atoms with van der Waals surface area (Å²) in [7, 11) is 0. The Morgan fingerprint density at radius 3 is 2.47 bits per heavy atom. The second kappa shape index (κ2) is 9.19. The maximum absolute atomic E-state index is 12.3. The molecular formula is C23H18N2O4S. The van der Waals surface area contributed by atoms with E-state index in [1.54, 1.807) is 29.8 Å². The van der Waals surface area contributed by atoms with Crippen LogP contribution in [-0.4, -0.2) is 23.4 Å². The highest BCUT2D eigenvalue weighted by Gasteiger charge is 2.12. The molecule has 0 saturated carbocycles. The number of hydrogen-bond acceptors (Lipinski definition) is 6. The van der Waals surface area contributed by atoms with Crippen LogP contribution in [-0.2, 0) is 16.1 Å². The Kier molecular flexibility index (Phi) is 6.01. The van der Waals surface area contributed by atoms with Gasteiger partial charge in [-0.25, -0.2) is 4.98 Å². The number of rotatable bonds is 7. The van der Waals surface area contributed by atoms with Crippen molar-refractivity contribution in [3.05, 3.63) is 89.6 Å². The molecule has 0 atom stereocenters. The zero-order chi connectivity index (χ0) is 20.8. The highest BCUT2D eigenvalue weighted by molar-refractivity contribution is 7.13. The summed E-state index contributed by atoms with van der Waals surface area (Å²) in [6, 6.07) is 20.7. The molecule has 6 nitrogen and oxygen atoms in total. The summed E-state index contributed by atoms with van der Waals surface area (Å²) in [4.78, 5) is 28.6. The topological polar surface area (TPSA) is 81.4 Å². The van der Waals surface area contributed by atoms with Crippen LogP contribution in [0.1, 0.15) is 16.1 Å². The number of thiazole rings is 1. The lowest BCUT2D eigenvalue weighted by molar-refractivity contribution is -0.143. The minimum atomic E-state index is -0.531. The van der Waals surface area contributed by atoms with E-state index in [4.69, 9.17) is 9.15 Å². The van der Waals surface area contributed by atoms with Crippen molar-refractivity contribution in [1.82, 2.24) is 10.3 Å². The number of amides is 1. The highest BCUT2D eigenvalue weighted by atomic mass is 32.1. The third-order valence-corrected chi connectivity index (χ3v) is 5.22. The Bertz CT molecular complexity index is 1120. The molecule has 0 aliphatic heterocycles. The van der Waals surface area contributed by atoms with Crippen molar-refractivity contribution in [2.45, 2.75) is 6.61 Å². The molecule has 0 radical (unpaired) electrons. The zero-order valence-electron chi connectivity index (χ0n) is 15.9. The van der Waals surface area contributed by atoms with E-state index in [2.05, 4.69) is 10.3 Å². The van der Waals surface area contributed by atoms with Crippen molar-refractivity contribution >= 4 is 23.2 Å². The number of carbonyl (C=O) groups excluding carboxylic acids is 2. The molecule has 0 bridgehead atoms. The molecule has 0 saturated heterocycles. The van der Waals surface area contributed by atoms with Crippen LogP contribution in [0.15, 0.2) is 82.8 Å². The minimum Gasteiger partial charge on any atom is -0.462 e. The van der Waals surface area contributed by atoms with Crippen LogP contribution in [0.2, 0.25) is 0 Å². The quantitative estimate of drug-likeness (QED) is 0.446. The average molecular weight is 418 g/mol. The number of nitrogens with zero attached hydrogens (tertiary/aromatic N) is 1. The van der Waals surface area contributed by atoms with Crippen molar-refractivity contribution in [2.24, 2.45) is 0 Å². The monoisotopic (exact) mass is 418 g/mol. The van der Waals surface area contributed by atoms with Gasteiger partial charge in [-0.1, -0.05) is 42.5 Å². The van der Waals surface area contributed by atoms with Gasteiger partial charge < -0.3 is 14.5 Å². The highest BCUT2D eigenvalue weighted by Crippen LogP contribution is 2.24. The zero-order valence-corrected chi connectivity index (χ0v) is 16.7. The van der Waals surface area contributed by atoms with E-state index in [9.17, 15) is 9.59 Å². The molecule has 7 heteroatoms. The molecule has 4 aromatic rings. The van der Waals surface area contributed by atoms with E-state index in [0.717, 1.165) is 16.1 Å². The molecule has 2 heterocycles. The molecule has 150 valence electrons. The number of furan rings is 1. The number of nitrogens with one attached hydrogen (secondary N) is 1. The van der Waals surface area contributed by atoms with E-state index < -0.39 is 5.97 Å². The molecule has 0 fully saturated rings. The van der Waals surface area contributed by atoms with Gasteiger partial charge in [0.05, 0.1) is 12.0 Å². The van der Waals surface area contributed by atoms with Crippen molar-refractivity contribution < 1.29 is 18.7 Å². The molecule has 1 N–H and O–H groups in total. The van der Waals surface area contributed by atoms with Crippen LogP contribution in [0.4, 0.5) is 0 Å². The van der Waals surface area contributed by atoms with Gasteiger partial charge in [-0.15, -0.1) is 11.3 Å². The van der Waals surface area contributed by atoms with E-state index in [1.165, 1.54) is 11.3 Å². The summed E-state index contributed by atoms with van der Waals surface area (Å²) in [5, 5.41) is 5.10. The van der Waals surface area contributed by atoms with Crippen LogP contribution in [0.25, 0.3) is 21.9 Å². The Labute approximate surface area is 177 Å². The van der Waals surface area contributed by atoms with Gasteiger partial charge in [0.25, 0.3) is 5.91 Å². The summed E-state index contributed by atoms with van der Waals surface area (Å²) >= 11 is 1.41. The van der Waals surface area contributed by atoms with Crippen LogP contribution < -0.4 is 5.32 Å². The molecule has 4 rings (SSSR count). The first-order chi connectivity index (χ1) is 14.7. The summed E-state index contributed by atoms with van der Waals surface area (Å²) in [6.45, 7) is -0.174. The largest absolute Gasteiger partial charge is 0.462 e. The summed E-state index contributed by atoms with van der Waals surface area (Å²) in [5.74, 6) is -0.194. The van der Waals surface area contributed by atoms with E-state index in [-0.39, 0.29) is 19.1 Å². The van der Waals surface area contributed by atoms with Gasteiger partial charge in [-0.05, 0) is 35.4 Å². The first-order valence-corrected chi connectivity index (χ1v) is 10.1. The fraction of sp³-hybridized carbons (Fsp3) is 0.0870. The van der Waals surface area contributed by atoms with Gasteiger partial charge >= 0.3 is 5.97 Å². The number of carbonyl (C=O) groups is 2. The van der Waals surface area contributed by atoms with Gasteiger partial charge in [-0.3, -0.25) is 9.59 Å². The fourth-order valence-electron chi connectivity index (χ4n) is 2.79. The van der Waals surface area contributed by atoms with Crippen molar-refractivity contribution in [3.63, 3.8) is 0 Å². The first kappa shape index (κ1) is 19.6. The summed E-state index contributed by atoms with van der Waals surface area (Å²) < 4.78 is 10.5. The van der Waals surface area contributed by atoms with Crippen molar-refractivity contribution in [3.8, 4) is 21.9 Å².